The number of nitrogens with two attached hydrogens (primary N) is 1. The van der Waals surface area contributed by atoms with E-state index in [0.717, 1.165) is 25.2 Å². The zero-order valence-corrected chi connectivity index (χ0v) is 15.7. The molecule has 1 aliphatic rings. The Balaban J connectivity index is 1.79. The van der Waals surface area contributed by atoms with Crippen molar-refractivity contribution < 1.29 is 19.0 Å². The molecule has 26 heavy (non-hydrogen) atoms. The lowest BCUT2D eigenvalue weighted by molar-refractivity contribution is -0.175. The van der Waals surface area contributed by atoms with Gasteiger partial charge in [0, 0.05) is 24.7 Å². The van der Waals surface area contributed by atoms with Gasteiger partial charge in [0.25, 0.3) is 0 Å². The first-order valence-electron chi connectivity index (χ1n) is 9.33. The average Bonchev–Trinajstić information content (AvgIpc) is 2.65. The Morgan fingerprint density at radius 3 is 2.73 bits per heavy atom. The fourth-order valence-electron chi connectivity index (χ4n) is 2.80. The molecule has 6 nitrogen and oxygen atoms in total. The van der Waals surface area contributed by atoms with Crippen LogP contribution in [0.3, 0.4) is 0 Å². The Morgan fingerprint density at radius 1 is 1.31 bits per heavy atom. The SMILES string of the molecule is CCCCCCC1COC(/C=C/c2ccc(OC(=O)NC)cc2N)OC1. The topological polar surface area (TPSA) is 82.8 Å². The maximum Gasteiger partial charge on any atom is 0.412 e. The van der Waals surface area contributed by atoms with E-state index < -0.39 is 6.09 Å². The Hall–Kier alpha value is -2.05. The zero-order valence-electron chi connectivity index (χ0n) is 15.7. The van der Waals surface area contributed by atoms with Gasteiger partial charge in [-0.2, -0.15) is 0 Å². The molecule has 0 saturated carbocycles. The van der Waals surface area contributed by atoms with Crippen molar-refractivity contribution in [1.29, 1.82) is 0 Å². The first-order valence-corrected chi connectivity index (χ1v) is 9.33. The van der Waals surface area contributed by atoms with Crippen molar-refractivity contribution in [3.8, 4) is 5.75 Å². The van der Waals surface area contributed by atoms with E-state index in [4.69, 9.17) is 19.9 Å². The van der Waals surface area contributed by atoms with Crippen LogP contribution in [0.2, 0.25) is 0 Å². The number of rotatable bonds is 8. The number of hydrogen-bond donors (Lipinski definition) is 2. The highest BCUT2D eigenvalue weighted by Crippen LogP contribution is 2.23. The number of nitrogen functional groups attached to an aromatic ring is 1. The molecule has 144 valence electrons. The average molecular weight is 362 g/mol. The number of ether oxygens (including phenoxy) is 3. The highest BCUT2D eigenvalue weighted by Gasteiger charge is 2.20. The van der Waals surface area contributed by atoms with E-state index in [1.807, 2.05) is 12.2 Å². The quantitative estimate of drug-likeness (QED) is 0.540. The van der Waals surface area contributed by atoms with Crippen molar-refractivity contribution in [2.45, 2.75) is 45.3 Å². The summed E-state index contributed by atoms with van der Waals surface area (Å²) in [5.74, 6) is 0.887. The molecule has 0 spiro atoms. The molecule has 0 unspecified atom stereocenters. The minimum absolute atomic E-state index is 0.344. The molecule has 0 bridgehead atoms. The van der Waals surface area contributed by atoms with Crippen LogP contribution in [0.4, 0.5) is 10.5 Å². The van der Waals surface area contributed by atoms with Crippen LogP contribution in [0, 0.1) is 5.92 Å². The van der Waals surface area contributed by atoms with Gasteiger partial charge >= 0.3 is 6.09 Å². The maximum absolute atomic E-state index is 11.2. The highest BCUT2D eigenvalue weighted by molar-refractivity contribution is 5.72. The van der Waals surface area contributed by atoms with Gasteiger partial charge in [0.05, 0.1) is 13.2 Å². The van der Waals surface area contributed by atoms with E-state index in [-0.39, 0.29) is 6.29 Å². The molecule has 0 aromatic heterocycles. The van der Waals surface area contributed by atoms with E-state index in [0.29, 0.717) is 17.4 Å². The zero-order chi connectivity index (χ0) is 18.8. The van der Waals surface area contributed by atoms with Crippen molar-refractivity contribution >= 4 is 17.9 Å². The number of carbonyl (C=O) groups excluding carboxylic acids is 1. The predicted molar refractivity (Wildman–Crippen MR) is 103 cm³/mol. The first kappa shape index (κ1) is 20.3. The van der Waals surface area contributed by atoms with E-state index in [9.17, 15) is 4.79 Å². The molecular weight excluding hydrogens is 332 g/mol. The summed E-state index contributed by atoms with van der Waals surface area (Å²) in [6.07, 6.45) is 9.10. The lowest BCUT2D eigenvalue weighted by Crippen LogP contribution is -2.30. The van der Waals surface area contributed by atoms with Gasteiger partial charge in [0.1, 0.15) is 5.75 Å². The van der Waals surface area contributed by atoms with Gasteiger partial charge in [-0.25, -0.2) is 4.79 Å². The third-order valence-corrected chi connectivity index (χ3v) is 4.36. The highest BCUT2D eigenvalue weighted by atomic mass is 16.7. The molecule has 1 aromatic rings. The first-order chi connectivity index (χ1) is 12.6. The molecule has 0 atom stereocenters. The minimum atomic E-state index is -0.527. The molecule has 0 radical (unpaired) electrons. The molecule has 1 aromatic carbocycles. The van der Waals surface area contributed by atoms with Gasteiger partial charge in [-0.1, -0.05) is 38.7 Å². The summed E-state index contributed by atoms with van der Waals surface area (Å²) < 4.78 is 16.6. The lowest BCUT2D eigenvalue weighted by atomic mass is 10.0. The van der Waals surface area contributed by atoms with Crippen LogP contribution in [-0.2, 0) is 9.47 Å². The fraction of sp³-hybridized carbons (Fsp3) is 0.550. The summed E-state index contributed by atoms with van der Waals surface area (Å²) in [5.41, 5.74) is 7.35. The summed E-state index contributed by atoms with van der Waals surface area (Å²) >= 11 is 0. The smallest absolute Gasteiger partial charge is 0.410 e. The number of unbranched alkanes of at least 4 members (excludes halogenated alkanes) is 3. The normalized spacial score (nSPS) is 20.2. The van der Waals surface area contributed by atoms with E-state index >= 15 is 0 Å². The van der Waals surface area contributed by atoms with Gasteiger partial charge in [-0.15, -0.1) is 0 Å². The second kappa shape index (κ2) is 10.8. The van der Waals surface area contributed by atoms with Crippen molar-refractivity contribution in [3.63, 3.8) is 0 Å². The van der Waals surface area contributed by atoms with Crippen molar-refractivity contribution in [2.75, 3.05) is 26.0 Å². The van der Waals surface area contributed by atoms with Gasteiger partial charge in [-0.3, -0.25) is 0 Å². The van der Waals surface area contributed by atoms with Gasteiger partial charge in [0.15, 0.2) is 6.29 Å². The Labute approximate surface area is 155 Å². The van der Waals surface area contributed by atoms with Crippen molar-refractivity contribution in [1.82, 2.24) is 5.32 Å². The summed E-state index contributed by atoms with van der Waals surface area (Å²) in [4.78, 5) is 11.2. The Bertz CT molecular complexity index is 595. The second-order valence-electron chi connectivity index (χ2n) is 6.54. The standard InChI is InChI=1S/C20H30N2O4/c1-3-4-5-6-7-15-13-24-19(25-14-15)11-9-16-8-10-17(12-18(16)21)26-20(23)22-2/h8-12,15,19H,3-7,13-14,21H2,1-2H3,(H,22,23)/b11-9+. The van der Waals surface area contributed by atoms with Gasteiger partial charge in [0.2, 0.25) is 0 Å². The number of nitrogens with one attached hydrogen (secondary N) is 1. The second-order valence-corrected chi connectivity index (χ2v) is 6.54. The molecule has 2 rings (SSSR count). The van der Waals surface area contributed by atoms with Crippen LogP contribution >= 0.6 is 0 Å². The van der Waals surface area contributed by atoms with E-state index in [1.54, 1.807) is 18.2 Å². The third-order valence-electron chi connectivity index (χ3n) is 4.36. The molecule has 1 amide bonds. The molecule has 1 fully saturated rings. The molecule has 1 heterocycles. The monoisotopic (exact) mass is 362 g/mol. The fourth-order valence-corrected chi connectivity index (χ4v) is 2.80. The number of carbonyl (C=O) groups is 1. The Morgan fingerprint density at radius 2 is 2.08 bits per heavy atom. The van der Waals surface area contributed by atoms with Crippen LogP contribution in [0.1, 0.15) is 44.6 Å². The number of anilines is 1. The molecule has 0 aliphatic carbocycles. The molecular formula is C20H30N2O4. The van der Waals surface area contributed by atoms with Gasteiger partial charge < -0.3 is 25.3 Å². The van der Waals surface area contributed by atoms with E-state index in [2.05, 4.69) is 12.2 Å². The molecule has 1 saturated heterocycles. The van der Waals surface area contributed by atoms with Crippen LogP contribution < -0.4 is 15.8 Å². The summed E-state index contributed by atoms with van der Waals surface area (Å²) in [6.45, 7) is 3.68. The number of amides is 1. The molecule has 1 aliphatic heterocycles. The predicted octanol–water partition coefficient (Wildman–Crippen LogP) is 3.96. The lowest BCUT2D eigenvalue weighted by Gasteiger charge is -2.27. The summed E-state index contributed by atoms with van der Waals surface area (Å²) in [5, 5.41) is 2.39. The maximum atomic E-state index is 11.2. The summed E-state index contributed by atoms with van der Waals surface area (Å²) in [6, 6.07) is 5.10. The van der Waals surface area contributed by atoms with Crippen LogP contribution in [-0.4, -0.2) is 32.6 Å². The van der Waals surface area contributed by atoms with Crippen molar-refractivity contribution in [2.24, 2.45) is 5.92 Å². The van der Waals surface area contributed by atoms with Crippen LogP contribution in [0.25, 0.3) is 6.08 Å². The van der Waals surface area contributed by atoms with E-state index in [1.165, 1.54) is 32.7 Å². The summed E-state index contributed by atoms with van der Waals surface area (Å²) in [7, 11) is 1.50. The largest absolute Gasteiger partial charge is 0.412 e. The Kier molecular flexibility index (Phi) is 8.44. The number of benzene rings is 1. The van der Waals surface area contributed by atoms with Crippen LogP contribution in [0.5, 0.6) is 5.75 Å². The van der Waals surface area contributed by atoms with Crippen molar-refractivity contribution in [3.05, 3.63) is 29.8 Å². The van der Waals surface area contributed by atoms with Gasteiger partial charge in [-0.05, 0) is 30.2 Å². The van der Waals surface area contributed by atoms with Crippen LogP contribution in [0.15, 0.2) is 24.3 Å². The minimum Gasteiger partial charge on any atom is -0.410 e. The third kappa shape index (κ3) is 6.69. The number of hydrogen-bond acceptors (Lipinski definition) is 5. The molecule has 6 heteroatoms. The molecule has 3 N–H and O–H groups in total.